The van der Waals surface area contributed by atoms with E-state index >= 15 is 0 Å². The molecule has 3 aliphatic rings. The first-order chi connectivity index (χ1) is 12.7. The highest BCUT2D eigenvalue weighted by molar-refractivity contribution is 5.85. The van der Waals surface area contributed by atoms with Crippen molar-refractivity contribution in [2.75, 3.05) is 20.2 Å². The number of methoxy groups -OCH3 is 1. The van der Waals surface area contributed by atoms with Crippen LogP contribution >= 0.6 is 12.4 Å². The molecular formula is C21H31ClN2O3. The molecular weight excluding hydrogens is 364 g/mol. The Kier molecular flexibility index (Phi) is 6.53. The number of benzene rings is 1. The number of amides is 1. The SMILES string of the molecule is COc1cc(CNC(=O)C2CC23CCNCC3)ccc1OC1CCCC1.Cl. The van der Waals surface area contributed by atoms with Gasteiger partial charge in [0.1, 0.15) is 0 Å². The molecule has 6 heteroatoms. The molecule has 1 amide bonds. The average Bonchev–Trinajstić information content (AvgIpc) is 3.11. The first kappa shape index (κ1) is 20.3. The van der Waals surface area contributed by atoms with E-state index in [-0.39, 0.29) is 29.6 Å². The summed E-state index contributed by atoms with van der Waals surface area (Å²) in [7, 11) is 1.67. The largest absolute Gasteiger partial charge is 0.493 e. The molecule has 2 N–H and O–H groups in total. The van der Waals surface area contributed by atoms with E-state index in [1.165, 1.54) is 12.8 Å². The van der Waals surface area contributed by atoms with Gasteiger partial charge < -0.3 is 20.1 Å². The molecule has 1 aliphatic heterocycles. The smallest absolute Gasteiger partial charge is 0.223 e. The van der Waals surface area contributed by atoms with Crippen LogP contribution in [0, 0.1) is 11.3 Å². The van der Waals surface area contributed by atoms with Gasteiger partial charge in [0.2, 0.25) is 5.91 Å². The number of piperidine rings is 1. The Bertz CT molecular complexity index is 655. The van der Waals surface area contributed by atoms with Crippen molar-refractivity contribution < 1.29 is 14.3 Å². The van der Waals surface area contributed by atoms with E-state index in [1.54, 1.807) is 7.11 Å². The molecule has 0 radical (unpaired) electrons. The van der Waals surface area contributed by atoms with Crippen molar-refractivity contribution >= 4 is 18.3 Å². The predicted molar refractivity (Wildman–Crippen MR) is 108 cm³/mol. The molecule has 1 atom stereocenters. The molecule has 2 aliphatic carbocycles. The van der Waals surface area contributed by atoms with Gasteiger partial charge in [-0.1, -0.05) is 6.07 Å². The fourth-order valence-corrected chi connectivity index (χ4v) is 4.61. The monoisotopic (exact) mass is 394 g/mol. The predicted octanol–water partition coefficient (Wildman–Crippen LogP) is 3.44. The number of rotatable bonds is 6. The maximum atomic E-state index is 12.5. The van der Waals surface area contributed by atoms with E-state index in [2.05, 4.69) is 10.6 Å². The van der Waals surface area contributed by atoms with Crippen molar-refractivity contribution in [2.24, 2.45) is 11.3 Å². The molecule has 1 aromatic rings. The van der Waals surface area contributed by atoms with Crippen molar-refractivity contribution in [3.05, 3.63) is 23.8 Å². The van der Waals surface area contributed by atoms with Crippen LogP contribution in [0.4, 0.5) is 0 Å². The lowest BCUT2D eigenvalue weighted by atomic mass is 9.92. The van der Waals surface area contributed by atoms with Crippen LogP contribution in [0.3, 0.4) is 0 Å². The van der Waals surface area contributed by atoms with Gasteiger partial charge in [-0.2, -0.15) is 0 Å². The molecule has 1 spiro atoms. The maximum Gasteiger partial charge on any atom is 0.223 e. The normalized spacial score (nSPS) is 23.5. The van der Waals surface area contributed by atoms with Crippen molar-refractivity contribution in [1.29, 1.82) is 0 Å². The van der Waals surface area contributed by atoms with Gasteiger partial charge in [-0.05, 0) is 81.1 Å². The van der Waals surface area contributed by atoms with Gasteiger partial charge in [-0.15, -0.1) is 12.4 Å². The molecule has 4 rings (SSSR count). The summed E-state index contributed by atoms with van der Waals surface area (Å²) in [5.41, 5.74) is 1.33. The summed E-state index contributed by atoms with van der Waals surface area (Å²) in [5.74, 6) is 1.98. The van der Waals surface area contributed by atoms with E-state index in [4.69, 9.17) is 9.47 Å². The van der Waals surface area contributed by atoms with Gasteiger partial charge in [0, 0.05) is 12.5 Å². The zero-order chi connectivity index (χ0) is 18.0. The fourth-order valence-electron chi connectivity index (χ4n) is 4.61. The molecule has 150 valence electrons. The van der Waals surface area contributed by atoms with Crippen LogP contribution in [0.5, 0.6) is 11.5 Å². The topological polar surface area (TPSA) is 59.6 Å². The van der Waals surface area contributed by atoms with E-state index < -0.39 is 0 Å². The minimum Gasteiger partial charge on any atom is -0.493 e. The van der Waals surface area contributed by atoms with E-state index in [0.717, 1.165) is 62.3 Å². The summed E-state index contributed by atoms with van der Waals surface area (Å²) in [5, 5.41) is 6.50. The highest BCUT2D eigenvalue weighted by Gasteiger charge is 2.57. The Morgan fingerprint density at radius 1 is 1.22 bits per heavy atom. The van der Waals surface area contributed by atoms with Crippen molar-refractivity contribution in [3.8, 4) is 11.5 Å². The Hall–Kier alpha value is -1.46. The van der Waals surface area contributed by atoms with Gasteiger partial charge in [0.15, 0.2) is 11.5 Å². The van der Waals surface area contributed by atoms with Crippen LogP contribution in [0.2, 0.25) is 0 Å². The standard InChI is InChI=1S/C21H30N2O3.ClH/c1-25-19-12-15(6-7-18(19)26-16-4-2-3-5-16)14-23-20(24)17-13-21(17)8-10-22-11-9-21;/h6-7,12,16-17,22H,2-5,8-11,13-14H2,1H3,(H,23,24);1H. The summed E-state index contributed by atoms with van der Waals surface area (Å²) in [6.07, 6.45) is 8.37. The number of halogens is 1. The Morgan fingerprint density at radius 3 is 2.67 bits per heavy atom. The third kappa shape index (κ3) is 4.52. The zero-order valence-electron chi connectivity index (χ0n) is 16.1. The molecule has 5 nitrogen and oxygen atoms in total. The lowest BCUT2D eigenvalue weighted by Gasteiger charge is -2.23. The van der Waals surface area contributed by atoms with Gasteiger partial charge in [-0.3, -0.25) is 4.79 Å². The minimum absolute atomic E-state index is 0. The van der Waals surface area contributed by atoms with Crippen LogP contribution in [0.15, 0.2) is 18.2 Å². The second-order valence-corrected chi connectivity index (χ2v) is 8.10. The zero-order valence-corrected chi connectivity index (χ0v) is 16.9. The van der Waals surface area contributed by atoms with Gasteiger partial charge in [-0.25, -0.2) is 0 Å². The summed E-state index contributed by atoms with van der Waals surface area (Å²) < 4.78 is 11.6. The third-order valence-electron chi connectivity index (χ3n) is 6.40. The third-order valence-corrected chi connectivity index (χ3v) is 6.40. The summed E-state index contributed by atoms with van der Waals surface area (Å²) >= 11 is 0. The quantitative estimate of drug-likeness (QED) is 0.775. The van der Waals surface area contributed by atoms with Gasteiger partial charge >= 0.3 is 0 Å². The first-order valence-electron chi connectivity index (χ1n) is 10.0. The second kappa shape index (κ2) is 8.70. The fraction of sp³-hybridized carbons (Fsp3) is 0.667. The molecule has 0 aromatic heterocycles. The molecule has 27 heavy (non-hydrogen) atoms. The minimum atomic E-state index is 0. The molecule has 0 bridgehead atoms. The molecule has 1 heterocycles. The van der Waals surface area contributed by atoms with E-state index in [1.807, 2.05) is 18.2 Å². The number of nitrogens with one attached hydrogen (secondary N) is 2. The van der Waals surface area contributed by atoms with E-state index in [9.17, 15) is 4.79 Å². The van der Waals surface area contributed by atoms with Crippen LogP contribution in [-0.4, -0.2) is 32.2 Å². The Morgan fingerprint density at radius 2 is 1.96 bits per heavy atom. The van der Waals surface area contributed by atoms with Crippen molar-refractivity contribution in [2.45, 2.75) is 57.6 Å². The summed E-state index contributed by atoms with van der Waals surface area (Å²) in [4.78, 5) is 12.5. The number of hydrogen-bond donors (Lipinski definition) is 2. The van der Waals surface area contributed by atoms with Crippen LogP contribution < -0.4 is 20.1 Å². The lowest BCUT2D eigenvalue weighted by Crippen LogP contribution is -2.33. The number of ether oxygens (including phenoxy) is 2. The van der Waals surface area contributed by atoms with Crippen LogP contribution in [0.25, 0.3) is 0 Å². The molecule has 3 fully saturated rings. The summed E-state index contributed by atoms with van der Waals surface area (Å²) in [6, 6.07) is 5.99. The Labute approximate surface area is 168 Å². The molecule has 2 saturated carbocycles. The lowest BCUT2D eigenvalue weighted by molar-refractivity contribution is -0.123. The van der Waals surface area contributed by atoms with Crippen LogP contribution in [0.1, 0.15) is 50.5 Å². The van der Waals surface area contributed by atoms with Gasteiger partial charge in [0.25, 0.3) is 0 Å². The average molecular weight is 395 g/mol. The van der Waals surface area contributed by atoms with Gasteiger partial charge in [0.05, 0.1) is 13.2 Å². The van der Waals surface area contributed by atoms with E-state index in [0.29, 0.717) is 12.6 Å². The molecule has 1 unspecified atom stereocenters. The first-order valence-corrected chi connectivity index (χ1v) is 10.0. The maximum absolute atomic E-state index is 12.5. The number of carbonyl (C=O) groups excluding carboxylic acids is 1. The van der Waals surface area contributed by atoms with Crippen molar-refractivity contribution in [3.63, 3.8) is 0 Å². The number of hydrogen-bond acceptors (Lipinski definition) is 4. The molecule has 1 aromatic carbocycles. The highest BCUT2D eigenvalue weighted by Crippen LogP contribution is 2.58. The Balaban J connectivity index is 0.00000210. The molecule has 1 saturated heterocycles. The highest BCUT2D eigenvalue weighted by atomic mass is 35.5. The van der Waals surface area contributed by atoms with Crippen LogP contribution in [-0.2, 0) is 11.3 Å². The van der Waals surface area contributed by atoms with Crippen molar-refractivity contribution in [1.82, 2.24) is 10.6 Å². The second-order valence-electron chi connectivity index (χ2n) is 8.10. The number of carbonyl (C=O) groups is 1. The summed E-state index contributed by atoms with van der Waals surface area (Å²) in [6.45, 7) is 2.64.